The first-order valence-corrected chi connectivity index (χ1v) is 11.7. The van der Waals surface area contributed by atoms with Gasteiger partial charge in [0.1, 0.15) is 29.9 Å². The SMILES string of the molecule is COc1ccc(-c2c(-c3ccccc3)oc3ncnc(NC4CCCC(NCC=O)C4)c23)cc1. The molecule has 1 aliphatic carbocycles. The van der Waals surface area contributed by atoms with Gasteiger partial charge in [0.2, 0.25) is 5.71 Å². The number of ether oxygens (including phenoxy) is 1. The van der Waals surface area contributed by atoms with Crippen molar-refractivity contribution < 1.29 is 13.9 Å². The second kappa shape index (κ2) is 10.1. The van der Waals surface area contributed by atoms with Gasteiger partial charge in [-0.2, -0.15) is 0 Å². The Balaban J connectivity index is 1.58. The standard InChI is InChI=1S/C27H28N4O3/c1-33-22-12-10-18(11-13-22)23-24-26(31-21-9-5-8-20(16-21)28-14-15-32)29-17-30-27(24)34-25(23)19-6-3-2-4-7-19/h2-4,6-7,10-13,15,17,20-21,28H,5,8-9,14,16H2,1H3,(H,29,30,31). The van der Waals surface area contributed by atoms with Crippen LogP contribution in [-0.4, -0.2) is 42.0 Å². The Bertz CT molecular complexity index is 1250. The molecule has 0 saturated heterocycles. The molecule has 0 radical (unpaired) electrons. The van der Waals surface area contributed by atoms with E-state index < -0.39 is 0 Å². The van der Waals surface area contributed by atoms with E-state index in [0.717, 1.165) is 71.4 Å². The van der Waals surface area contributed by atoms with E-state index in [0.29, 0.717) is 18.3 Å². The monoisotopic (exact) mass is 456 g/mol. The number of rotatable bonds is 8. The van der Waals surface area contributed by atoms with Gasteiger partial charge in [-0.1, -0.05) is 42.5 Å². The van der Waals surface area contributed by atoms with Crippen LogP contribution in [0.5, 0.6) is 5.75 Å². The summed E-state index contributed by atoms with van der Waals surface area (Å²) in [5.74, 6) is 2.32. The number of furan rings is 1. The predicted octanol–water partition coefficient (Wildman–Crippen LogP) is 5.08. The number of carbonyl (C=O) groups excluding carboxylic acids is 1. The van der Waals surface area contributed by atoms with Crippen molar-refractivity contribution in [3.05, 3.63) is 60.9 Å². The van der Waals surface area contributed by atoms with Crippen molar-refractivity contribution in [2.24, 2.45) is 0 Å². The van der Waals surface area contributed by atoms with E-state index in [1.807, 2.05) is 54.6 Å². The molecule has 0 amide bonds. The third-order valence-corrected chi connectivity index (χ3v) is 6.41. The average Bonchev–Trinajstić information content (AvgIpc) is 3.29. The lowest BCUT2D eigenvalue weighted by molar-refractivity contribution is -0.107. The second-order valence-corrected chi connectivity index (χ2v) is 8.58. The maximum absolute atomic E-state index is 10.8. The molecule has 7 nitrogen and oxygen atoms in total. The minimum Gasteiger partial charge on any atom is -0.497 e. The van der Waals surface area contributed by atoms with Crippen molar-refractivity contribution in [2.45, 2.75) is 37.8 Å². The fourth-order valence-corrected chi connectivity index (χ4v) is 4.78. The normalized spacial score (nSPS) is 18.0. The molecule has 2 unspecified atom stereocenters. The molecule has 2 atom stereocenters. The Morgan fingerprint density at radius 1 is 1.03 bits per heavy atom. The molecule has 2 N–H and O–H groups in total. The predicted molar refractivity (Wildman–Crippen MR) is 133 cm³/mol. The van der Waals surface area contributed by atoms with Crippen LogP contribution in [0.4, 0.5) is 5.82 Å². The van der Waals surface area contributed by atoms with Crippen LogP contribution in [0, 0.1) is 0 Å². The highest BCUT2D eigenvalue weighted by Gasteiger charge is 2.26. The van der Waals surface area contributed by atoms with Gasteiger partial charge < -0.3 is 24.6 Å². The number of benzene rings is 2. The third kappa shape index (κ3) is 4.52. The zero-order valence-corrected chi connectivity index (χ0v) is 19.2. The van der Waals surface area contributed by atoms with Gasteiger partial charge in [0.15, 0.2) is 0 Å². The van der Waals surface area contributed by atoms with Crippen molar-refractivity contribution in [3.63, 3.8) is 0 Å². The second-order valence-electron chi connectivity index (χ2n) is 8.58. The van der Waals surface area contributed by atoms with Crippen LogP contribution < -0.4 is 15.4 Å². The summed E-state index contributed by atoms with van der Waals surface area (Å²) in [6, 6.07) is 18.6. The first-order valence-electron chi connectivity index (χ1n) is 11.7. The zero-order chi connectivity index (χ0) is 23.3. The lowest BCUT2D eigenvalue weighted by Gasteiger charge is -2.30. The minimum atomic E-state index is 0.245. The molecule has 5 rings (SSSR count). The summed E-state index contributed by atoms with van der Waals surface area (Å²) >= 11 is 0. The van der Waals surface area contributed by atoms with Gasteiger partial charge in [-0.05, 0) is 43.4 Å². The third-order valence-electron chi connectivity index (χ3n) is 6.41. The molecule has 1 saturated carbocycles. The highest BCUT2D eigenvalue weighted by molar-refractivity contribution is 6.05. The molecular formula is C27H28N4O3. The van der Waals surface area contributed by atoms with Crippen LogP contribution in [0.3, 0.4) is 0 Å². The van der Waals surface area contributed by atoms with Crippen LogP contribution in [0.2, 0.25) is 0 Å². The number of nitrogens with zero attached hydrogens (tertiary/aromatic N) is 2. The quantitative estimate of drug-likeness (QED) is 0.358. The van der Waals surface area contributed by atoms with Crippen molar-refractivity contribution >= 4 is 23.2 Å². The largest absolute Gasteiger partial charge is 0.497 e. The number of nitrogens with one attached hydrogen (secondary N) is 2. The van der Waals surface area contributed by atoms with Gasteiger partial charge >= 0.3 is 0 Å². The molecule has 1 aliphatic rings. The summed E-state index contributed by atoms with van der Waals surface area (Å²) in [6.07, 6.45) is 6.61. The van der Waals surface area contributed by atoms with E-state index in [4.69, 9.17) is 9.15 Å². The molecule has 174 valence electrons. The van der Waals surface area contributed by atoms with Crippen molar-refractivity contribution in [1.29, 1.82) is 0 Å². The molecule has 0 bridgehead atoms. The van der Waals surface area contributed by atoms with Crippen LogP contribution in [0.1, 0.15) is 25.7 Å². The molecule has 7 heteroatoms. The van der Waals surface area contributed by atoms with Gasteiger partial charge in [0, 0.05) is 23.2 Å². The average molecular weight is 457 g/mol. The Morgan fingerprint density at radius 2 is 1.82 bits per heavy atom. The van der Waals surface area contributed by atoms with E-state index in [-0.39, 0.29) is 6.04 Å². The number of aldehydes is 1. The number of hydrogen-bond donors (Lipinski definition) is 2. The maximum Gasteiger partial charge on any atom is 0.232 e. The number of methoxy groups -OCH3 is 1. The maximum atomic E-state index is 10.8. The smallest absolute Gasteiger partial charge is 0.232 e. The molecule has 0 aliphatic heterocycles. The van der Waals surface area contributed by atoms with E-state index in [2.05, 4.69) is 20.6 Å². The number of fused-ring (bicyclic) bond motifs is 1. The number of anilines is 1. The zero-order valence-electron chi connectivity index (χ0n) is 19.2. The van der Waals surface area contributed by atoms with Crippen molar-refractivity contribution in [3.8, 4) is 28.2 Å². The molecule has 2 aromatic heterocycles. The highest BCUT2D eigenvalue weighted by atomic mass is 16.5. The molecule has 34 heavy (non-hydrogen) atoms. The molecule has 0 spiro atoms. The molecular weight excluding hydrogens is 428 g/mol. The lowest BCUT2D eigenvalue weighted by atomic mass is 9.90. The molecule has 1 fully saturated rings. The molecule has 2 aromatic carbocycles. The molecule has 2 heterocycles. The fourth-order valence-electron chi connectivity index (χ4n) is 4.78. The number of aromatic nitrogens is 2. The first kappa shape index (κ1) is 22.1. The summed E-state index contributed by atoms with van der Waals surface area (Å²) < 4.78 is 11.7. The van der Waals surface area contributed by atoms with Crippen LogP contribution in [-0.2, 0) is 4.79 Å². The van der Waals surface area contributed by atoms with Gasteiger partial charge in [-0.3, -0.25) is 0 Å². The number of hydrogen-bond acceptors (Lipinski definition) is 7. The summed E-state index contributed by atoms with van der Waals surface area (Å²) in [5, 5.41) is 7.86. The van der Waals surface area contributed by atoms with E-state index in [1.54, 1.807) is 13.4 Å². The van der Waals surface area contributed by atoms with E-state index in [1.165, 1.54) is 0 Å². The Hall–Kier alpha value is -3.71. The summed E-state index contributed by atoms with van der Waals surface area (Å²) in [6.45, 7) is 0.388. The molecule has 4 aromatic rings. The summed E-state index contributed by atoms with van der Waals surface area (Å²) in [4.78, 5) is 19.9. The summed E-state index contributed by atoms with van der Waals surface area (Å²) in [7, 11) is 1.66. The topological polar surface area (TPSA) is 89.3 Å². The van der Waals surface area contributed by atoms with Crippen molar-refractivity contribution in [1.82, 2.24) is 15.3 Å². The first-order chi connectivity index (χ1) is 16.8. The van der Waals surface area contributed by atoms with Crippen LogP contribution in [0.25, 0.3) is 33.6 Å². The van der Waals surface area contributed by atoms with Gasteiger partial charge in [0.25, 0.3) is 0 Å². The number of carbonyl (C=O) groups is 1. The Kier molecular flexibility index (Phi) is 6.53. The lowest BCUT2D eigenvalue weighted by Crippen LogP contribution is -2.39. The van der Waals surface area contributed by atoms with E-state index >= 15 is 0 Å². The van der Waals surface area contributed by atoms with Gasteiger partial charge in [-0.25, -0.2) is 9.97 Å². The van der Waals surface area contributed by atoms with Crippen LogP contribution in [0.15, 0.2) is 65.3 Å². The Morgan fingerprint density at radius 3 is 2.59 bits per heavy atom. The van der Waals surface area contributed by atoms with E-state index in [9.17, 15) is 4.79 Å². The van der Waals surface area contributed by atoms with Crippen molar-refractivity contribution in [2.75, 3.05) is 19.0 Å². The minimum absolute atomic E-state index is 0.245. The summed E-state index contributed by atoms with van der Waals surface area (Å²) in [5.41, 5.74) is 3.49. The van der Waals surface area contributed by atoms with Crippen LogP contribution >= 0.6 is 0 Å². The Labute approximate surface area is 198 Å². The highest BCUT2D eigenvalue weighted by Crippen LogP contribution is 2.43. The fraction of sp³-hybridized carbons (Fsp3) is 0.296. The van der Waals surface area contributed by atoms with Gasteiger partial charge in [-0.15, -0.1) is 0 Å². The van der Waals surface area contributed by atoms with Gasteiger partial charge in [0.05, 0.1) is 19.0 Å².